The number of carbonyl (C=O) groups excluding carboxylic acids is 1. The summed E-state index contributed by atoms with van der Waals surface area (Å²) < 4.78 is 1.65. The molecule has 1 rings (SSSR count). The highest BCUT2D eigenvalue weighted by Crippen LogP contribution is 2.27. The molecule has 5 nitrogen and oxygen atoms in total. The van der Waals surface area contributed by atoms with Crippen LogP contribution in [0.1, 0.15) is 20.8 Å². The van der Waals surface area contributed by atoms with Gasteiger partial charge in [-0.05, 0) is 19.1 Å². The maximum atomic E-state index is 11.8. The predicted molar refractivity (Wildman–Crippen MR) is 79.4 cm³/mol. The fraction of sp³-hybridized carbons (Fsp3) is 0.636. The number of nitrogens with one attached hydrogen (secondary N) is 1. The molecule has 1 amide bonds. The van der Waals surface area contributed by atoms with Crippen molar-refractivity contribution in [1.29, 1.82) is 5.26 Å². The first-order valence-corrected chi connectivity index (χ1v) is 8.66. The van der Waals surface area contributed by atoms with Gasteiger partial charge in [-0.25, -0.2) is 0 Å². The lowest BCUT2D eigenvalue weighted by Crippen LogP contribution is -2.49. The maximum absolute atomic E-state index is 11.8. The molecule has 0 radical (unpaired) electrons. The van der Waals surface area contributed by atoms with E-state index in [2.05, 4.69) is 21.6 Å². The van der Waals surface area contributed by atoms with Gasteiger partial charge in [0.1, 0.15) is 5.54 Å². The Bertz CT molecular complexity index is 483. The Labute approximate surface area is 125 Å². The lowest BCUT2D eigenvalue weighted by molar-refractivity contribution is -0.120. The summed E-state index contributed by atoms with van der Waals surface area (Å²) in [5, 5.41) is 19.8. The largest absolute Gasteiger partial charge is 0.337 e. The zero-order valence-corrected chi connectivity index (χ0v) is 13.7. The molecule has 0 fully saturated rings. The third-order valence-electron chi connectivity index (χ3n) is 2.68. The van der Waals surface area contributed by atoms with Gasteiger partial charge in [0.25, 0.3) is 0 Å². The normalized spacial score (nSPS) is 13.9. The quantitative estimate of drug-likeness (QED) is 0.812. The molecule has 0 bridgehead atoms. The highest BCUT2D eigenvalue weighted by Gasteiger charge is 2.29. The molecule has 0 saturated carbocycles. The molecular formula is C11H16N4OS3. The zero-order valence-electron chi connectivity index (χ0n) is 11.3. The van der Waals surface area contributed by atoms with Crippen molar-refractivity contribution in [3.05, 3.63) is 0 Å². The van der Waals surface area contributed by atoms with E-state index in [1.54, 1.807) is 6.92 Å². The highest BCUT2D eigenvalue weighted by atomic mass is 32.2. The Balaban J connectivity index is 2.50. The minimum absolute atomic E-state index is 0.0519. The maximum Gasteiger partial charge on any atom is 0.231 e. The third-order valence-corrected chi connectivity index (χ3v) is 5.71. The van der Waals surface area contributed by atoms with Gasteiger partial charge in [0, 0.05) is 0 Å². The van der Waals surface area contributed by atoms with E-state index in [0.717, 1.165) is 8.68 Å². The van der Waals surface area contributed by atoms with E-state index in [-0.39, 0.29) is 17.6 Å². The van der Waals surface area contributed by atoms with Crippen LogP contribution in [-0.4, -0.2) is 33.7 Å². The number of amides is 1. The van der Waals surface area contributed by atoms with Gasteiger partial charge in [-0.15, -0.1) is 10.2 Å². The van der Waals surface area contributed by atoms with E-state index >= 15 is 0 Å². The van der Waals surface area contributed by atoms with Crippen molar-refractivity contribution in [2.45, 2.75) is 35.0 Å². The topological polar surface area (TPSA) is 78.7 Å². The zero-order chi connectivity index (χ0) is 14.5. The van der Waals surface area contributed by atoms with E-state index in [0.29, 0.717) is 0 Å². The summed E-state index contributed by atoms with van der Waals surface area (Å²) in [5.41, 5.74) is -0.830. The van der Waals surface area contributed by atoms with Crippen molar-refractivity contribution in [1.82, 2.24) is 15.5 Å². The van der Waals surface area contributed by atoms with Crippen LogP contribution in [-0.2, 0) is 4.79 Å². The molecule has 0 aliphatic rings. The van der Waals surface area contributed by atoms with Crippen LogP contribution in [0.4, 0.5) is 0 Å². The predicted octanol–water partition coefficient (Wildman–Crippen LogP) is 2.41. The molecule has 1 aromatic rings. The van der Waals surface area contributed by atoms with Crippen LogP contribution >= 0.6 is 34.9 Å². The van der Waals surface area contributed by atoms with Crippen LogP contribution in [0.2, 0.25) is 0 Å². The average Bonchev–Trinajstić information content (AvgIpc) is 2.84. The van der Waals surface area contributed by atoms with Gasteiger partial charge in [0.15, 0.2) is 8.68 Å². The summed E-state index contributed by atoms with van der Waals surface area (Å²) in [6.45, 7) is 5.55. The Morgan fingerprint density at radius 1 is 1.53 bits per heavy atom. The fourth-order valence-electron chi connectivity index (χ4n) is 1.09. The van der Waals surface area contributed by atoms with E-state index in [1.807, 2.05) is 20.1 Å². The second-order valence-corrected chi connectivity index (χ2v) is 7.60. The van der Waals surface area contributed by atoms with Crippen molar-refractivity contribution in [3.8, 4) is 6.07 Å². The number of nitrogens with zero attached hydrogens (tertiary/aromatic N) is 3. The molecule has 1 aromatic heterocycles. The van der Waals surface area contributed by atoms with Crippen LogP contribution in [0, 0.1) is 17.2 Å². The van der Waals surface area contributed by atoms with Crippen LogP contribution in [0.15, 0.2) is 8.68 Å². The molecule has 0 aliphatic carbocycles. The van der Waals surface area contributed by atoms with Gasteiger partial charge in [0.05, 0.1) is 11.8 Å². The summed E-state index contributed by atoms with van der Waals surface area (Å²) in [7, 11) is 0. The number of carbonyl (C=O) groups is 1. The smallest absolute Gasteiger partial charge is 0.231 e. The Hall–Kier alpha value is -0.780. The molecule has 0 saturated heterocycles. The van der Waals surface area contributed by atoms with Gasteiger partial charge in [-0.3, -0.25) is 4.79 Å². The standard InChI is InChI=1S/C11H16N4OS3/c1-7(2)11(3,6-12)13-8(16)5-18-10-15-14-9(17-4)19-10/h7H,5H2,1-4H3,(H,13,16)/t11-/m0/s1. The fourth-order valence-corrected chi connectivity index (χ4v) is 3.33. The van der Waals surface area contributed by atoms with Gasteiger partial charge in [0.2, 0.25) is 5.91 Å². The van der Waals surface area contributed by atoms with Gasteiger partial charge < -0.3 is 5.32 Å². The Kier molecular flexibility index (Phi) is 6.10. The number of hydrogen-bond donors (Lipinski definition) is 1. The molecule has 1 heterocycles. The second kappa shape index (κ2) is 7.12. The molecule has 1 N–H and O–H groups in total. The first-order valence-electron chi connectivity index (χ1n) is 5.64. The second-order valence-electron chi connectivity index (χ2n) is 4.34. The summed E-state index contributed by atoms with van der Waals surface area (Å²) in [5.74, 6) is 0.132. The summed E-state index contributed by atoms with van der Waals surface area (Å²) in [6, 6.07) is 2.15. The first kappa shape index (κ1) is 16.3. The molecule has 0 spiro atoms. The molecule has 0 aromatic carbocycles. The van der Waals surface area contributed by atoms with Crippen molar-refractivity contribution >= 4 is 40.8 Å². The van der Waals surface area contributed by atoms with Crippen LogP contribution in [0.3, 0.4) is 0 Å². The van der Waals surface area contributed by atoms with Gasteiger partial charge in [-0.2, -0.15) is 5.26 Å². The van der Waals surface area contributed by atoms with Crippen molar-refractivity contribution in [2.75, 3.05) is 12.0 Å². The average molecular weight is 316 g/mol. The minimum Gasteiger partial charge on any atom is -0.337 e. The lowest BCUT2D eigenvalue weighted by Gasteiger charge is -2.27. The van der Waals surface area contributed by atoms with E-state index in [4.69, 9.17) is 5.26 Å². The molecule has 19 heavy (non-hydrogen) atoms. The lowest BCUT2D eigenvalue weighted by atomic mass is 9.90. The number of aromatic nitrogens is 2. The molecule has 104 valence electrons. The number of rotatable bonds is 6. The summed E-state index contributed by atoms with van der Waals surface area (Å²) in [4.78, 5) is 11.8. The van der Waals surface area contributed by atoms with E-state index in [1.165, 1.54) is 34.9 Å². The van der Waals surface area contributed by atoms with Crippen molar-refractivity contribution < 1.29 is 4.79 Å². The van der Waals surface area contributed by atoms with Gasteiger partial charge in [-0.1, -0.05) is 48.7 Å². The summed E-state index contributed by atoms with van der Waals surface area (Å²) in [6.07, 6.45) is 1.93. The third kappa shape index (κ3) is 4.67. The number of nitriles is 1. The van der Waals surface area contributed by atoms with Crippen LogP contribution in [0.5, 0.6) is 0 Å². The minimum atomic E-state index is -0.830. The van der Waals surface area contributed by atoms with Crippen LogP contribution in [0.25, 0.3) is 0 Å². The first-order chi connectivity index (χ1) is 8.91. The SMILES string of the molecule is CSc1nnc(SCC(=O)N[C@@](C)(C#N)C(C)C)s1. The van der Waals surface area contributed by atoms with Gasteiger partial charge >= 0.3 is 0 Å². The van der Waals surface area contributed by atoms with E-state index < -0.39 is 5.54 Å². The highest BCUT2D eigenvalue weighted by molar-refractivity contribution is 8.03. The number of thioether (sulfide) groups is 2. The van der Waals surface area contributed by atoms with Crippen molar-refractivity contribution in [2.24, 2.45) is 5.92 Å². The van der Waals surface area contributed by atoms with Crippen molar-refractivity contribution in [3.63, 3.8) is 0 Å². The monoisotopic (exact) mass is 316 g/mol. The molecule has 1 atom stereocenters. The summed E-state index contributed by atoms with van der Waals surface area (Å²) >= 11 is 4.33. The molecule has 0 unspecified atom stereocenters. The molecule has 0 aliphatic heterocycles. The molecule has 8 heteroatoms. The number of hydrogen-bond acceptors (Lipinski definition) is 7. The Morgan fingerprint density at radius 2 is 2.16 bits per heavy atom. The molecular weight excluding hydrogens is 300 g/mol. The Morgan fingerprint density at radius 3 is 2.63 bits per heavy atom. The van der Waals surface area contributed by atoms with Crippen LogP contribution < -0.4 is 5.32 Å². The van der Waals surface area contributed by atoms with E-state index in [9.17, 15) is 4.79 Å².